The molecule has 0 radical (unpaired) electrons. The smallest absolute Gasteiger partial charge is 0.0833 e. The molecule has 25 heavy (non-hydrogen) atoms. The van der Waals surface area contributed by atoms with E-state index < -0.39 is 6.10 Å². The maximum Gasteiger partial charge on any atom is 0.0833 e. The predicted octanol–water partition coefficient (Wildman–Crippen LogP) is 4.89. The van der Waals surface area contributed by atoms with Crippen LogP contribution in [-0.4, -0.2) is 5.11 Å². The van der Waals surface area contributed by atoms with Gasteiger partial charge in [-0.3, -0.25) is 0 Å². The molecule has 2 N–H and O–H groups in total. The van der Waals surface area contributed by atoms with Crippen molar-refractivity contribution in [2.75, 3.05) is 0 Å². The Bertz CT molecular complexity index is 743. The van der Waals surface area contributed by atoms with Crippen molar-refractivity contribution in [1.29, 1.82) is 0 Å². The van der Waals surface area contributed by atoms with Crippen LogP contribution in [0.5, 0.6) is 0 Å². The molecule has 0 bridgehead atoms. The number of aliphatic hydroxyl groups excluding tert-OH is 1. The molecule has 3 aromatic carbocycles. The van der Waals surface area contributed by atoms with Crippen molar-refractivity contribution in [1.82, 2.24) is 5.32 Å². The minimum atomic E-state index is -0.519. The quantitative estimate of drug-likeness (QED) is 0.646. The van der Waals surface area contributed by atoms with Crippen LogP contribution >= 0.6 is 0 Å². The average Bonchev–Trinajstić information content (AvgIpc) is 2.69. The van der Waals surface area contributed by atoms with Crippen LogP contribution in [0, 0.1) is 5.92 Å². The zero-order valence-corrected chi connectivity index (χ0v) is 14.5. The summed E-state index contributed by atoms with van der Waals surface area (Å²) in [5.41, 5.74) is 3.39. The van der Waals surface area contributed by atoms with E-state index in [4.69, 9.17) is 0 Å². The van der Waals surface area contributed by atoms with E-state index in [0.717, 1.165) is 12.1 Å². The van der Waals surface area contributed by atoms with Gasteiger partial charge in [0.15, 0.2) is 0 Å². The first-order valence-electron chi connectivity index (χ1n) is 8.81. The summed E-state index contributed by atoms with van der Waals surface area (Å²) in [7, 11) is 0. The highest BCUT2D eigenvalue weighted by Crippen LogP contribution is 2.32. The number of hydrogen-bond donors (Lipinski definition) is 2. The van der Waals surface area contributed by atoms with Gasteiger partial charge in [0.2, 0.25) is 0 Å². The van der Waals surface area contributed by atoms with Crippen molar-refractivity contribution in [3.63, 3.8) is 0 Å². The third kappa shape index (κ3) is 4.56. The van der Waals surface area contributed by atoms with Gasteiger partial charge in [0.05, 0.1) is 6.10 Å². The molecule has 0 saturated heterocycles. The van der Waals surface area contributed by atoms with Crippen molar-refractivity contribution >= 4 is 0 Å². The Hall–Kier alpha value is -2.42. The van der Waals surface area contributed by atoms with Gasteiger partial charge >= 0.3 is 0 Å². The molecule has 0 saturated carbocycles. The second-order valence-corrected chi connectivity index (χ2v) is 6.47. The van der Waals surface area contributed by atoms with Crippen molar-refractivity contribution in [3.8, 4) is 0 Å². The van der Waals surface area contributed by atoms with E-state index in [9.17, 15) is 5.11 Å². The van der Waals surface area contributed by atoms with Crippen LogP contribution < -0.4 is 5.32 Å². The van der Waals surface area contributed by atoms with Gasteiger partial charge in [0.25, 0.3) is 0 Å². The minimum absolute atomic E-state index is 0.0357. The van der Waals surface area contributed by atoms with Crippen LogP contribution in [0.1, 0.15) is 35.8 Å². The molecule has 0 aromatic heterocycles. The third-order valence-corrected chi connectivity index (χ3v) is 4.69. The molecule has 0 heterocycles. The van der Waals surface area contributed by atoms with Crippen LogP contribution in [0.2, 0.25) is 0 Å². The van der Waals surface area contributed by atoms with Gasteiger partial charge < -0.3 is 10.4 Å². The number of aliphatic hydroxyl groups is 1. The van der Waals surface area contributed by atoms with Gasteiger partial charge in [-0.25, -0.2) is 0 Å². The molecular formula is C23H25NO. The molecule has 0 fully saturated rings. The summed E-state index contributed by atoms with van der Waals surface area (Å²) < 4.78 is 0. The molecule has 0 aliphatic carbocycles. The van der Waals surface area contributed by atoms with Crippen LogP contribution in [0.15, 0.2) is 91.0 Å². The Morgan fingerprint density at radius 2 is 1.20 bits per heavy atom. The summed E-state index contributed by atoms with van der Waals surface area (Å²) in [4.78, 5) is 0. The summed E-state index contributed by atoms with van der Waals surface area (Å²) in [5.74, 6) is 0.0357. The maximum absolute atomic E-state index is 10.9. The third-order valence-electron chi connectivity index (χ3n) is 4.69. The van der Waals surface area contributed by atoms with Gasteiger partial charge in [-0.1, -0.05) is 97.9 Å². The summed E-state index contributed by atoms with van der Waals surface area (Å²) in [6.45, 7) is 2.87. The lowest BCUT2D eigenvalue weighted by Gasteiger charge is -2.30. The first-order chi connectivity index (χ1) is 12.3. The van der Waals surface area contributed by atoms with E-state index in [-0.39, 0.29) is 12.0 Å². The Morgan fingerprint density at radius 3 is 1.76 bits per heavy atom. The molecule has 3 rings (SSSR count). The standard InChI is InChI=1S/C23H25NO/c1-18(23(25)21-15-9-4-10-16-21)22(20-13-7-3-8-14-20)24-17-19-11-5-2-6-12-19/h2-16,18,22-25H,17H2,1H3/t18-,22+,23+/m0/s1. The molecule has 0 aliphatic rings. The lowest BCUT2D eigenvalue weighted by molar-refractivity contribution is 0.0931. The van der Waals surface area contributed by atoms with Gasteiger partial charge in [-0.2, -0.15) is 0 Å². The largest absolute Gasteiger partial charge is 0.388 e. The highest BCUT2D eigenvalue weighted by Gasteiger charge is 2.26. The summed E-state index contributed by atoms with van der Waals surface area (Å²) in [5, 5.41) is 14.5. The van der Waals surface area contributed by atoms with E-state index in [1.165, 1.54) is 11.1 Å². The zero-order valence-electron chi connectivity index (χ0n) is 14.5. The topological polar surface area (TPSA) is 32.3 Å². The summed E-state index contributed by atoms with van der Waals surface area (Å²) in [6.07, 6.45) is -0.519. The Morgan fingerprint density at radius 1 is 0.720 bits per heavy atom. The second kappa shape index (κ2) is 8.61. The molecule has 0 aliphatic heterocycles. The molecule has 2 nitrogen and oxygen atoms in total. The first-order valence-corrected chi connectivity index (χ1v) is 8.81. The van der Waals surface area contributed by atoms with Crippen LogP contribution in [0.3, 0.4) is 0 Å². The van der Waals surface area contributed by atoms with Crippen LogP contribution in [0.25, 0.3) is 0 Å². The van der Waals surface area contributed by atoms with Crippen molar-refractivity contribution < 1.29 is 5.11 Å². The van der Waals surface area contributed by atoms with Crippen molar-refractivity contribution in [2.45, 2.75) is 25.6 Å². The van der Waals surface area contributed by atoms with Gasteiger partial charge in [-0.15, -0.1) is 0 Å². The maximum atomic E-state index is 10.9. The lowest BCUT2D eigenvalue weighted by Crippen LogP contribution is -2.30. The second-order valence-electron chi connectivity index (χ2n) is 6.47. The minimum Gasteiger partial charge on any atom is -0.388 e. The van der Waals surface area contributed by atoms with E-state index in [2.05, 4.69) is 48.6 Å². The predicted molar refractivity (Wildman–Crippen MR) is 103 cm³/mol. The van der Waals surface area contributed by atoms with E-state index in [1.807, 2.05) is 54.6 Å². The fourth-order valence-electron chi connectivity index (χ4n) is 3.23. The van der Waals surface area contributed by atoms with E-state index in [1.54, 1.807) is 0 Å². The number of nitrogens with one attached hydrogen (secondary N) is 1. The number of benzene rings is 3. The highest BCUT2D eigenvalue weighted by atomic mass is 16.3. The average molecular weight is 331 g/mol. The van der Waals surface area contributed by atoms with Gasteiger partial charge in [0.1, 0.15) is 0 Å². The van der Waals surface area contributed by atoms with Crippen molar-refractivity contribution in [2.24, 2.45) is 5.92 Å². The molecule has 0 amide bonds. The molecule has 0 spiro atoms. The van der Waals surface area contributed by atoms with Gasteiger partial charge in [-0.05, 0) is 16.7 Å². The Balaban J connectivity index is 1.80. The highest BCUT2D eigenvalue weighted by molar-refractivity contribution is 5.24. The molecule has 3 aromatic rings. The zero-order chi connectivity index (χ0) is 17.5. The SMILES string of the molecule is C[C@H]([C@@H](O)c1ccccc1)[C@@H](NCc1ccccc1)c1ccccc1. The van der Waals surface area contributed by atoms with E-state index >= 15 is 0 Å². The van der Waals surface area contributed by atoms with Crippen LogP contribution in [0.4, 0.5) is 0 Å². The normalized spacial score (nSPS) is 14.6. The fourth-order valence-corrected chi connectivity index (χ4v) is 3.23. The monoisotopic (exact) mass is 331 g/mol. The first kappa shape index (κ1) is 17.4. The Kier molecular flexibility index (Phi) is 5.99. The molecule has 2 heteroatoms. The lowest BCUT2D eigenvalue weighted by atomic mass is 9.86. The number of rotatable bonds is 7. The molecule has 128 valence electrons. The fraction of sp³-hybridized carbons (Fsp3) is 0.217. The molecule has 0 unspecified atom stereocenters. The summed E-state index contributed by atoms with van der Waals surface area (Å²) >= 11 is 0. The Labute approximate surface area is 150 Å². The van der Waals surface area contributed by atoms with Crippen LogP contribution in [-0.2, 0) is 6.54 Å². The van der Waals surface area contributed by atoms with Crippen molar-refractivity contribution in [3.05, 3.63) is 108 Å². The molecule has 3 atom stereocenters. The van der Waals surface area contributed by atoms with E-state index in [0.29, 0.717) is 0 Å². The number of hydrogen-bond acceptors (Lipinski definition) is 2. The molecular weight excluding hydrogens is 306 g/mol. The van der Waals surface area contributed by atoms with Gasteiger partial charge in [0, 0.05) is 18.5 Å². The summed E-state index contributed by atoms with van der Waals surface area (Å²) in [6, 6.07) is 30.7.